The summed E-state index contributed by atoms with van der Waals surface area (Å²) >= 11 is 0. The summed E-state index contributed by atoms with van der Waals surface area (Å²) in [5, 5.41) is 0. The number of carbonyl (C=O) groups excluding carboxylic acids is 1. The van der Waals surface area contributed by atoms with E-state index in [0.717, 1.165) is 0 Å². The molecule has 0 aliphatic carbocycles. The Morgan fingerprint density at radius 3 is 2.81 bits per heavy atom. The van der Waals surface area contributed by atoms with Gasteiger partial charge in [-0.1, -0.05) is 6.07 Å². The summed E-state index contributed by atoms with van der Waals surface area (Å²) < 4.78 is 14.9. The fourth-order valence-electron chi connectivity index (χ4n) is 1.01. The van der Waals surface area contributed by atoms with E-state index < -0.39 is 5.97 Å². The molecule has 0 bridgehead atoms. The maximum atomic E-state index is 11.3. The smallest absolute Gasteiger partial charge is 0.339 e. The maximum absolute atomic E-state index is 11.3. The maximum Gasteiger partial charge on any atom is 0.339 e. The first-order valence-corrected chi connectivity index (χ1v) is 4.90. The van der Waals surface area contributed by atoms with E-state index in [0.29, 0.717) is 18.1 Å². The third-order valence-electron chi connectivity index (χ3n) is 1.73. The first-order chi connectivity index (χ1) is 7.76. The summed E-state index contributed by atoms with van der Waals surface area (Å²) in [4.78, 5) is 11.3. The first-order valence-electron chi connectivity index (χ1n) is 4.90. The highest BCUT2D eigenvalue weighted by atomic mass is 16.5. The summed E-state index contributed by atoms with van der Waals surface area (Å²) in [7, 11) is 1.55. The van der Waals surface area contributed by atoms with Crippen LogP contribution in [-0.2, 0) is 9.53 Å². The Bertz CT molecular complexity index is 371. The molecule has 0 fully saturated rings. The molecule has 0 saturated carbocycles. The van der Waals surface area contributed by atoms with Crippen LogP contribution in [0.5, 0.6) is 11.5 Å². The molecule has 0 aliphatic rings. The number of carbonyl (C=O) groups is 1. The van der Waals surface area contributed by atoms with E-state index in [1.54, 1.807) is 31.4 Å². The molecule has 0 N–H and O–H groups in total. The van der Waals surface area contributed by atoms with Crippen molar-refractivity contribution in [2.24, 2.45) is 0 Å². The van der Waals surface area contributed by atoms with E-state index >= 15 is 0 Å². The van der Waals surface area contributed by atoms with Gasteiger partial charge >= 0.3 is 5.97 Å². The van der Waals surface area contributed by atoms with Gasteiger partial charge in [0.05, 0.1) is 26.1 Å². The van der Waals surface area contributed by atoms with Crippen molar-refractivity contribution < 1.29 is 19.0 Å². The largest absolute Gasteiger partial charge is 0.501 e. The molecule has 4 heteroatoms. The van der Waals surface area contributed by atoms with Crippen LogP contribution in [0.3, 0.4) is 0 Å². The Balaban J connectivity index is 2.55. The van der Waals surface area contributed by atoms with Crippen LogP contribution < -0.4 is 9.47 Å². The van der Waals surface area contributed by atoms with Crippen LogP contribution in [0, 0.1) is 0 Å². The summed E-state index contributed by atoms with van der Waals surface area (Å²) in [5.74, 6) is 0.589. The van der Waals surface area contributed by atoms with Crippen LogP contribution in [0.25, 0.3) is 0 Å². The predicted octanol–water partition coefficient (Wildman–Crippen LogP) is 2.15. The molecular formula is C12H14O4. The molecule has 0 aromatic heterocycles. The fourth-order valence-corrected chi connectivity index (χ4v) is 1.01. The standard InChI is InChI=1S/C12H14O4/c1-3-15-8-7-12(13)16-11-6-4-5-10(9-11)14-2/h4-9H,3H2,1-2H3. The van der Waals surface area contributed by atoms with Crippen molar-refractivity contribution in [3.05, 3.63) is 36.6 Å². The van der Waals surface area contributed by atoms with Crippen molar-refractivity contribution in [3.8, 4) is 11.5 Å². The summed E-state index contributed by atoms with van der Waals surface area (Å²) in [6.45, 7) is 2.35. The highest BCUT2D eigenvalue weighted by Crippen LogP contribution is 2.18. The van der Waals surface area contributed by atoms with E-state index in [1.165, 1.54) is 12.3 Å². The summed E-state index contributed by atoms with van der Waals surface area (Å²) in [6, 6.07) is 6.82. The predicted molar refractivity (Wildman–Crippen MR) is 59.4 cm³/mol. The monoisotopic (exact) mass is 222 g/mol. The van der Waals surface area contributed by atoms with Gasteiger partial charge in [-0.25, -0.2) is 4.79 Å². The Morgan fingerprint density at radius 1 is 1.38 bits per heavy atom. The topological polar surface area (TPSA) is 44.8 Å². The zero-order chi connectivity index (χ0) is 11.8. The molecule has 0 amide bonds. The molecular weight excluding hydrogens is 208 g/mol. The quantitative estimate of drug-likeness (QED) is 0.331. The Kier molecular flexibility index (Phi) is 4.92. The van der Waals surface area contributed by atoms with Crippen LogP contribution >= 0.6 is 0 Å². The van der Waals surface area contributed by atoms with E-state index in [1.807, 2.05) is 6.92 Å². The molecule has 86 valence electrons. The number of hydrogen-bond donors (Lipinski definition) is 0. The van der Waals surface area contributed by atoms with Gasteiger partial charge < -0.3 is 14.2 Å². The van der Waals surface area contributed by atoms with Gasteiger partial charge in [0.15, 0.2) is 0 Å². The Labute approximate surface area is 94.4 Å². The highest BCUT2D eigenvalue weighted by molar-refractivity contribution is 5.83. The molecule has 0 atom stereocenters. The van der Waals surface area contributed by atoms with Crippen molar-refractivity contribution in [2.75, 3.05) is 13.7 Å². The van der Waals surface area contributed by atoms with Crippen molar-refractivity contribution in [1.29, 1.82) is 0 Å². The van der Waals surface area contributed by atoms with Crippen molar-refractivity contribution in [1.82, 2.24) is 0 Å². The fraction of sp³-hybridized carbons (Fsp3) is 0.250. The molecule has 0 aliphatic heterocycles. The van der Waals surface area contributed by atoms with Gasteiger partial charge in [0.1, 0.15) is 11.5 Å². The molecule has 0 saturated heterocycles. The second-order valence-electron chi connectivity index (χ2n) is 2.86. The average molecular weight is 222 g/mol. The number of ether oxygens (including phenoxy) is 3. The number of esters is 1. The molecule has 4 nitrogen and oxygen atoms in total. The minimum absolute atomic E-state index is 0.436. The lowest BCUT2D eigenvalue weighted by molar-refractivity contribution is -0.129. The van der Waals surface area contributed by atoms with Gasteiger partial charge in [-0.05, 0) is 19.1 Å². The highest BCUT2D eigenvalue weighted by Gasteiger charge is 2.01. The third-order valence-corrected chi connectivity index (χ3v) is 1.73. The van der Waals surface area contributed by atoms with Gasteiger partial charge in [-0.2, -0.15) is 0 Å². The number of methoxy groups -OCH3 is 1. The zero-order valence-corrected chi connectivity index (χ0v) is 9.30. The van der Waals surface area contributed by atoms with Gasteiger partial charge in [0.2, 0.25) is 0 Å². The first kappa shape index (κ1) is 12.1. The second-order valence-corrected chi connectivity index (χ2v) is 2.86. The van der Waals surface area contributed by atoms with Crippen molar-refractivity contribution in [2.45, 2.75) is 6.92 Å². The van der Waals surface area contributed by atoms with Gasteiger partial charge in [0.25, 0.3) is 0 Å². The van der Waals surface area contributed by atoms with E-state index in [4.69, 9.17) is 14.2 Å². The average Bonchev–Trinajstić information content (AvgIpc) is 2.29. The SMILES string of the molecule is CCOC=CC(=O)Oc1cccc(OC)c1. The normalized spacial score (nSPS) is 10.1. The number of hydrogen-bond acceptors (Lipinski definition) is 4. The Hall–Kier alpha value is -1.97. The number of rotatable bonds is 5. The van der Waals surface area contributed by atoms with Gasteiger partial charge in [-0.15, -0.1) is 0 Å². The van der Waals surface area contributed by atoms with E-state index in [2.05, 4.69) is 0 Å². The van der Waals surface area contributed by atoms with Crippen LogP contribution in [-0.4, -0.2) is 19.7 Å². The van der Waals surface area contributed by atoms with Crippen LogP contribution in [0.15, 0.2) is 36.6 Å². The number of benzene rings is 1. The lowest BCUT2D eigenvalue weighted by Crippen LogP contribution is -2.04. The molecule has 0 spiro atoms. The van der Waals surface area contributed by atoms with E-state index in [9.17, 15) is 4.79 Å². The molecule has 0 radical (unpaired) electrons. The van der Waals surface area contributed by atoms with E-state index in [-0.39, 0.29) is 0 Å². The Morgan fingerprint density at radius 2 is 2.12 bits per heavy atom. The van der Waals surface area contributed by atoms with Gasteiger partial charge in [0, 0.05) is 6.07 Å². The second kappa shape index (κ2) is 6.50. The minimum atomic E-state index is -0.485. The van der Waals surface area contributed by atoms with Crippen LogP contribution in [0.1, 0.15) is 6.92 Å². The lowest BCUT2D eigenvalue weighted by Gasteiger charge is -2.03. The molecule has 1 aromatic rings. The minimum Gasteiger partial charge on any atom is -0.501 e. The molecule has 0 heterocycles. The molecule has 1 aromatic carbocycles. The third kappa shape index (κ3) is 4.04. The van der Waals surface area contributed by atoms with Gasteiger partial charge in [-0.3, -0.25) is 0 Å². The molecule has 0 unspecified atom stereocenters. The van der Waals surface area contributed by atoms with Crippen LogP contribution in [0.4, 0.5) is 0 Å². The van der Waals surface area contributed by atoms with Crippen LogP contribution in [0.2, 0.25) is 0 Å². The lowest BCUT2D eigenvalue weighted by atomic mass is 10.3. The summed E-state index contributed by atoms with van der Waals surface area (Å²) in [5.41, 5.74) is 0. The summed E-state index contributed by atoms with van der Waals surface area (Å²) in [6.07, 6.45) is 2.53. The van der Waals surface area contributed by atoms with Crippen molar-refractivity contribution in [3.63, 3.8) is 0 Å². The molecule has 1 rings (SSSR count). The molecule has 16 heavy (non-hydrogen) atoms. The zero-order valence-electron chi connectivity index (χ0n) is 9.30. The van der Waals surface area contributed by atoms with Crippen molar-refractivity contribution >= 4 is 5.97 Å².